The highest BCUT2D eigenvalue weighted by Gasteiger charge is 2.17. The maximum atomic E-state index is 11.9. The third kappa shape index (κ3) is 5.08. The zero-order valence-electron chi connectivity index (χ0n) is 10.8. The zero-order chi connectivity index (χ0) is 13.5. The fourth-order valence-electron chi connectivity index (χ4n) is 1.49. The van der Waals surface area contributed by atoms with Crippen LogP contribution in [0.5, 0.6) is 0 Å². The molecule has 3 N–H and O–H groups in total. The van der Waals surface area contributed by atoms with Crippen molar-refractivity contribution in [3.8, 4) is 0 Å². The Kier molecular flexibility index (Phi) is 8.95. The van der Waals surface area contributed by atoms with Crippen LogP contribution in [0.2, 0.25) is 0 Å². The molecule has 0 aliphatic carbocycles. The van der Waals surface area contributed by atoms with Gasteiger partial charge in [-0.1, -0.05) is 22.0 Å². The number of nitrogens with two attached hydrogens (primary N) is 1. The summed E-state index contributed by atoms with van der Waals surface area (Å²) in [7, 11) is 3.05. The first-order valence-electron chi connectivity index (χ1n) is 5.44. The molecular weight excluding hydrogens is 336 g/mol. The van der Waals surface area contributed by atoms with E-state index in [-0.39, 0.29) is 24.9 Å². The lowest BCUT2D eigenvalue weighted by Gasteiger charge is -2.16. The van der Waals surface area contributed by atoms with Crippen LogP contribution in [-0.4, -0.2) is 32.8 Å². The van der Waals surface area contributed by atoms with Gasteiger partial charge in [0.25, 0.3) is 5.91 Å². The summed E-state index contributed by atoms with van der Waals surface area (Å²) in [4.78, 5) is 11.9. The number of ether oxygens (including phenoxy) is 2. The first-order valence-corrected chi connectivity index (χ1v) is 6.23. The van der Waals surface area contributed by atoms with Gasteiger partial charge in [-0.3, -0.25) is 4.79 Å². The summed E-state index contributed by atoms with van der Waals surface area (Å²) in [6.07, 6.45) is -0.653. The standard InChI is InChI=1S/C12H17BrN2O3.ClH/c1-17-7-8-9(13)4-3-5-10(8)15-12(16)11(6-14)18-2;/h3-5,11H,6-7,14H2,1-2H3,(H,15,16);1H. The van der Waals surface area contributed by atoms with E-state index >= 15 is 0 Å². The molecule has 0 heterocycles. The lowest BCUT2D eigenvalue weighted by Crippen LogP contribution is -2.36. The Hall–Kier alpha value is -0.660. The van der Waals surface area contributed by atoms with Crippen LogP contribution in [0.15, 0.2) is 22.7 Å². The Bertz CT molecular complexity index is 414. The minimum atomic E-state index is -0.653. The number of amides is 1. The number of nitrogens with one attached hydrogen (secondary N) is 1. The van der Waals surface area contributed by atoms with E-state index in [1.165, 1.54) is 7.11 Å². The molecule has 108 valence electrons. The number of rotatable bonds is 6. The fraction of sp³-hybridized carbons (Fsp3) is 0.417. The number of methoxy groups -OCH3 is 2. The van der Waals surface area contributed by atoms with Crippen LogP contribution in [0.25, 0.3) is 0 Å². The van der Waals surface area contributed by atoms with Gasteiger partial charge in [0.05, 0.1) is 6.61 Å². The Morgan fingerprint density at radius 3 is 2.68 bits per heavy atom. The van der Waals surface area contributed by atoms with E-state index in [0.29, 0.717) is 12.3 Å². The summed E-state index contributed by atoms with van der Waals surface area (Å²) in [5.74, 6) is -0.268. The van der Waals surface area contributed by atoms with Crippen LogP contribution >= 0.6 is 28.3 Å². The number of hydrogen-bond donors (Lipinski definition) is 2. The average molecular weight is 354 g/mol. The zero-order valence-corrected chi connectivity index (χ0v) is 13.2. The number of halogens is 2. The Balaban J connectivity index is 0.00000324. The summed E-state index contributed by atoms with van der Waals surface area (Å²) in [6.45, 7) is 0.535. The van der Waals surface area contributed by atoms with Crippen molar-refractivity contribution in [2.24, 2.45) is 5.73 Å². The van der Waals surface area contributed by atoms with Crippen molar-refractivity contribution in [3.05, 3.63) is 28.2 Å². The van der Waals surface area contributed by atoms with Gasteiger partial charge in [-0.25, -0.2) is 0 Å². The molecule has 0 spiro atoms. The quantitative estimate of drug-likeness (QED) is 0.819. The highest BCUT2D eigenvalue weighted by atomic mass is 79.9. The molecule has 1 aromatic rings. The van der Waals surface area contributed by atoms with Crippen molar-refractivity contribution in [3.63, 3.8) is 0 Å². The first kappa shape index (κ1) is 18.3. The van der Waals surface area contributed by atoms with Crippen LogP contribution in [0, 0.1) is 0 Å². The molecule has 19 heavy (non-hydrogen) atoms. The van der Waals surface area contributed by atoms with E-state index in [2.05, 4.69) is 21.2 Å². The number of carbonyl (C=O) groups is 1. The molecule has 0 bridgehead atoms. The molecule has 0 fully saturated rings. The van der Waals surface area contributed by atoms with Crippen molar-refractivity contribution >= 4 is 39.9 Å². The van der Waals surface area contributed by atoms with Gasteiger partial charge in [-0.2, -0.15) is 0 Å². The minimum absolute atomic E-state index is 0. The van der Waals surface area contributed by atoms with E-state index in [9.17, 15) is 4.79 Å². The molecular formula is C12H18BrClN2O3. The van der Waals surface area contributed by atoms with E-state index in [1.54, 1.807) is 13.2 Å². The Labute approximate surface area is 127 Å². The maximum Gasteiger partial charge on any atom is 0.254 e. The molecule has 1 rings (SSSR count). The summed E-state index contributed by atoms with van der Waals surface area (Å²) in [5, 5.41) is 2.78. The van der Waals surface area contributed by atoms with Crippen molar-refractivity contribution < 1.29 is 14.3 Å². The van der Waals surface area contributed by atoms with Gasteiger partial charge in [0.1, 0.15) is 6.10 Å². The lowest BCUT2D eigenvalue weighted by molar-refractivity contribution is -0.125. The molecule has 1 aromatic carbocycles. The van der Waals surface area contributed by atoms with Gasteiger partial charge >= 0.3 is 0 Å². The number of anilines is 1. The topological polar surface area (TPSA) is 73.6 Å². The number of carbonyl (C=O) groups excluding carboxylic acids is 1. The SMILES string of the molecule is COCc1c(Br)cccc1NC(=O)C(CN)OC.Cl. The molecule has 0 saturated heterocycles. The molecule has 1 atom stereocenters. The third-order valence-corrected chi connectivity index (χ3v) is 3.20. The molecule has 0 aliphatic heterocycles. The largest absolute Gasteiger partial charge is 0.380 e. The Morgan fingerprint density at radius 2 is 2.16 bits per heavy atom. The molecule has 0 radical (unpaired) electrons. The van der Waals surface area contributed by atoms with E-state index in [4.69, 9.17) is 15.2 Å². The monoisotopic (exact) mass is 352 g/mol. The second-order valence-corrected chi connectivity index (χ2v) is 4.50. The van der Waals surface area contributed by atoms with Crippen LogP contribution in [0.3, 0.4) is 0 Å². The van der Waals surface area contributed by atoms with E-state index < -0.39 is 6.10 Å². The summed E-state index contributed by atoms with van der Waals surface area (Å²) >= 11 is 3.42. The van der Waals surface area contributed by atoms with Crippen molar-refractivity contribution in [1.82, 2.24) is 0 Å². The summed E-state index contributed by atoms with van der Waals surface area (Å²) in [6, 6.07) is 5.53. The van der Waals surface area contributed by atoms with Crippen LogP contribution < -0.4 is 11.1 Å². The van der Waals surface area contributed by atoms with E-state index in [1.807, 2.05) is 12.1 Å². The van der Waals surface area contributed by atoms with E-state index in [0.717, 1.165) is 10.0 Å². The van der Waals surface area contributed by atoms with Gasteiger partial charge in [0.2, 0.25) is 0 Å². The molecule has 0 saturated carbocycles. The average Bonchev–Trinajstić information content (AvgIpc) is 2.35. The highest BCUT2D eigenvalue weighted by Crippen LogP contribution is 2.25. The van der Waals surface area contributed by atoms with Gasteiger partial charge in [-0.15, -0.1) is 12.4 Å². The second kappa shape index (κ2) is 9.28. The fourth-order valence-corrected chi connectivity index (χ4v) is 1.97. The Morgan fingerprint density at radius 1 is 1.47 bits per heavy atom. The third-order valence-electron chi connectivity index (χ3n) is 2.46. The summed E-state index contributed by atoms with van der Waals surface area (Å²) < 4.78 is 11.0. The predicted molar refractivity (Wildman–Crippen MR) is 80.6 cm³/mol. The molecule has 0 aromatic heterocycles. The van der Waals surface area contributed by atoms with Crippen molar-refractivity contribution in [2.75, 3.05) is 26.1 Å². The summed E-state index contributed by atoms with van der Waals surface area (Å²) in [5.41, 5.74) is 7.01. The molecule has 5 nitrogen and oxygen atoms in total. The van der Waals surface area contributed by atoms with Gasteiger partial charge in [0.15, 0.2) is 0 Å². The van der Waals surface area contributed by atoms with Crippen molar-refractivity contribution in [1.29, 1.82) is 0 Å². The first-order chi connectivity index (χ1) is 8.63. The molecule has 0 aliphatic rings. The van der Waals surface area contributed by atoms with Crippen LogP contribution in [-0.2, 0) is 20.9 Å². The highest BCUT2D eigenvalue weighted by molar-refractivity contribution is 9.10. The molecule has 1 amide bonds. The van der Waals surface area contributed by atoms with Gasteiger partial charge < -0.3 is 20.5 Å². The molecule has 7 heteroatoms. The predicted octanol–water partition coefficient (Wildman–Crippen LogP) is 1.93. The van der Waals surface area contributed by atoms with Gasteiger partial charge in [-0.05, 0) is 12.1 Å². The molecule has 1 unspecified atom stereocenters. The van der Waals surface area contributed by atoms with Crippen LogP contribution in [0.1, 0.15) is 5.56 Å². The van der Waals surface area contributed by atoms with Gasteiger partial charge in [0, 0.05) is 36.5 Å². The number of hydrogen-bond acceptors (Lipinski definition) is 4. The smallest absolute Gasteiger partial charge is 0.254 e. The van der Waals surface area contributed by atoms with Crippen LogP contribution in [0.4, 0.5) is 5.69 Å². The van der Waals surface area contributed by atoms with Crippen molar-refractivity contribution in [2.45, 2.75) is 12.7 Å². The lowest BCUT2D eigenvalue weighted by atomic mass is 10.2. The minimum Gasteiger partial charge on any atom is -0.380 e. The second-order valence-electron chi connectivity index (χ2n) is 3.65. The maximum absolute atomic E-state index is 11.9. The number of benzene rings is 1. The normalized spacial score (nSPS) is 11.6.